The van der Waals surface area contributed by atoms with Crippen molar-refractivity contribution in [2.24, 2.45) is 0 Å². The van der Waals surface area contributed by atoms with Crippen LogP contribution in [0.3, 0.4) is 0 Å². The Morgan fingerprint density at radius 3 is 2.76 bits per heavy atom. The van der Waals surface area contributed by atoms with Gasteiger partial charge in [-0.3, -0.25) is 4.79 Å². The molecule has 0 unspecified atom stereocenters. The number of aromatic nitrogens is 2. The van der Waals surface area contributed by atoms with Crippen LogP contribution in [0.5, 0.6) is 0 Å². The SMILES string of the molecule is O=C(NCc1cccc(-n2cccn2)c1)N1CCCN(C(=O)[C@H]2CCCO2)CC1. The first-order valence-electron chi connectivity index (χ1n) is 10.2. The zero-order valence-corrected chi connectivity index (χ0v) is 16.5. The van der Waals surface area contributed by atoms with E-state index < -0.39 is 0 Å². The number of rotatable bonds is 4. The van der Waals surface area contributed by atoms with Gasteiger partial charge in [0.25, 0.3) is 5.91 Å². The van der Waals surface area contributed by atoms with E-state index in [-0.39, 0.29) is 18.0 Å². The third-order valence-electron chi connectivity index (χ3n) is 5.42. The van der Waals surface area contributed by atoms with Gasteiger partial charge in [-0.05, 0) is 43.0 Å². The van der Waals surface area contributed by atoms with Gasteiger partial charge in [-0.1, -0.05) is 12.1 Å². The third-order valence-corrected chi connectivity index (χ3v) is 5.42. The summed E-state index contributed by atoms with van der Waals surface area (Å²) in [6, 6.07) is 9.71. The Balaban J connectivity index is 1.29. The van der Waals surface area contributed by atoms with Gasteiger partial charge in [0.2, 0.25) is 0 Å². The van der Waals surface area contributed by atoms with E-state index in [0.29, 0.717) is 39.3 Å². The number of hydrogen-bond acceptors (Lipinski definition) is 4. The Morgan fingerprint density at radius 1 is 1.10 bits per heavy atom. The molecule has 2 aliphatic heterocycles. The summed E-state index contributed by atoms with van der Waals surface area (Å²) in [5, 5.41) is 7.23. The van der Waals surface area contributed by atoms with Crippen molar-refractivity contribution < 1.29 is 14.3 Å². The predicted octanol–water partition coefficient (Wildman–Crippen LogP) is 1.80. The molecule has 2 aromatic rings. The van der Waals surface area contributed by atoms with Crippen molar-refractivity contribution in [3.63, 3.8) is 0 Å². The molecular weight excluding hydrogens is 370 g/mol. The summed E-state index contributed by atoms with van der Waals surface area (Å²) in [5.74, 6) is 0.0696. The van der Waals surface area contributed by atoms with Crippen LogP contribution < -0.4 is 5.32 Å². The molecule has 3 heterocycles. The lowest BCUT2D eigenvalue weighted by molar-refractivity contribution is -0.140. The molecule has 2 saturated heterocycles. The number of ether oxygens (including phenoxy) is 1. The lowest BCUT2D eigenvalue weighted by Crippen LogP contribution is -2.44. The molecule has 0 spiro atoms. The molecule has 8 nitrogen and oxygen atoms in total. The van der Waals surface area contributed by atoms with E-state index in [1.54, 1.807) is 15.8 Å². The molecular formula is C21H27N5O3. The fraction of sp³-hybridized carbons (Fsp3) is 0.476. The molecule has 4 rings (SSSR count). The summed E-state index contributed by atoms with van der Waals surface area (Å²) in [5.41, 5.74) is 1.97. The number of nitrogens with one attached hydrogen (secondary N) is 1. The minimum absolute atomic E-state index is 0.0696. The number of urea groups is 1. The van der Waals surface area contributed by atoms with Crippen LogP contribution in [0, 0.1) is 0 Å². The van der Waals surface area contributed by atoms with Crippen molar-refractivity contribution in [1.29, 1.82) is 0 Å². The standard InChI is InChI=1S/C21H27N5O3/c27-20(19-7-2-14-29-19)24-9-4-10-25(13-12-24)21(28)22-16-17-5-1-6-18(15-17)26-11-3-8-23-26/h1,3,5-6,8,11,15,19H,2,4,7,9-10,12-14,16H2,(H,22,28)/t19-/m1/s1. The monoisotopic (exact) mass is 397 g/mol. The number of amides is 3. The molecule has 154 valence electrons. The first-order chi connectivity index (χ1) is 14.2. The second-order valence-corrected chi connectivity index (χ2v) is 7.45. The molecule has 1 aromatic carbocycles. The zero-order chi connectivity index (χ0) is 20.1. The van der Waals surface area contributed by atoms with Crippen molar-refractivity contribution in [2.75, 3.05) is 32.8 Å². The Kier molecular flexibility index (Phi) is 6.09. The molecule has 0 aliphatic carbocycles. The summed E-state index contributed by atoms with van der Waals surface area (Å²) in [6.45, 7) is 3.53. The van der Waals surface area contributed by atoms with E-state index in [1.807, 2.05) is 41.4 Å². The Morgan fingerprint density at radius 2 is 1.97 bits per heavy atom. The normalized spacial score (nSPS) is 19.8. The molecule has 2 aliphatic rings. The first-order valence-corrected chi connectivity index (χ1v) is 10.2. The van der Waals surface area contributed by atoms with E-state index in [0.717, 1.165) is 30.5 Å². The van der Waals surface area contributed by atoms with Gasteiger partial charge in [-0.15, -0.1) is 0 Å². The number of carbonyl (C=O) groups excluding carboxylic acids is 2. The number of nitrogens with zero attached hydrogens (tertiary/aromatic N) is 4. The van der Waals surface area contributed by atoms with Crippen LogP contribution in [0.25, 0.3) is 5.69 Å². The smallest absolute Gasteiger partial charge is 0.317 e. The minimum Gasteiger partial charge on any atom is -0.368 e. The van der Waals surface area contributed by atoms with E-state index in [9.17, 15) is 9.59 Å². The number of benzene rings is 1. The van der Waals surface area contributed by atoms with Gasteiger partial charge in [0.05, 0.1) is 5.69 Å². The van der Waals surface area contributed by atoms with Crippen molar-refractivity contribution in [3.05, 3.63) is 48.3 Å². The van der Waals surface area contributed by atoms with Crippen molar-refractivity contribution >= 4 is 11.9 Å². The Hall–Kier alpha value is -2.87. The van der Waals surface area contributed by atoms with Crippen molar-refractivity contribution in [3.8, 4) is 5.69 Å². The van der Waals surface area contributed by atoms with Crippen LogP contribution in [0.15, 0.2) is 42.7 Å². The molecule has 8 heteroatoms. The van der Waals surface area contributed by atoms with E-state index >= 15 is 0 Å². The summed E-state index contributed by atoms with van der Waals surface area (Å²) >= 11 is 0. The molecule has 1 N–H and O–H groups in total. The maximum absolute atomic E-state index is 12.6. The van der Waals surface area contributed by atoms with Crippen LogP contribution in [0.4, 0.5) is 4.79 Å². The number of carbonyl (C=O) groups is 2. The quantitative estimate of drug-likeness (QED) is 0.853. The number of hydrogen-bond donors (Lipinski definition) is 1. The second-order valence-electron chi connectivity index (χ2n) is 7.45. The van der Waals surface area contributed by atoms with Gasteiger partial charge in [0.1, 0.15) is 6.10 Å². The summed E-state index contributed by atoms with van der Waals surface area (Å²) < 4.78 is 7.31. The summed E-state index contributed by atoms with van der Waals surface area (Å²) in [4.78, 5) is 28.8. The van der Waals surface area contributed by atoms with Crippen LogP contribution in [-0.4, -0.2) is 70.4 Å². The lowest BCUT2D eigenvalue weighted by Gasteiger charge is -2.24. The van der Waals surface area contributed by atoms with Gasteiger partial charge < -0.3 is 19.9 Å². The highest BCUT2D eigenvalue weighted by molar-refractivity contribution is 5.81. The molecule has 0 saturated carbocycles. The highest BCUT2D eigenvalue weighted by Crippen LogP contribution is 2.16. The average Bonchev–Trinajstić information content (AvgIpc) is 3.42. The second kappa shape index (κ2) is 9.09. The lowest BCUT2D eigenvalue weighted by atomic mass is 10.2. The largest absolute Gasteiger partial charge is 0.368 e. The van der Waals surface area contributed by atoms with Crippen LogP contribution >= 0.6 is 0 Å². The maximum Gasteiger partial charge on any atom is 0.317 e. The Bertz CT molecular complexity index is 833. The van der Waals surface area contributed by atoms with Gasteiger partial charge in [0.15, 0.2) is 0 Å². The molecule has 3 amide bonds. The average molecular weight is 397 g/mol. The minimum atomic E-state index is -0.294. The molecule has 1 aromatic heterocycles. The predicted molar refractivity (Wildman–Crippen MR) is 108 cm³/mol. The topological polar surface area (TPSA) is 79.7 Å². The van der Waals surface area contributed by atoms with E-state index in [2.05, 4.69) is 10.4 Å². The van der Waals surface area contributed by atoms with Crippen LogP contribution in [0.1, 0.15) is 24.8 Å². The van der Waals surface area contributed by atoms with Gasteiger partial charge in [0, 0.05) is 51.7 Å². The molecule has 1 atom stereocenters. The van der Waals surface area contributed by atoms with Gasteiger partial charge in [-0.25, -0.2) is 9.48 Å². The van der Waals surface area contributed by atoms with Crippen molar-refractivity contribution in [1.82, 2.24) is 24.9 Å². The van der Waals surface area contributed by atoms with E-state index in [4.69, 9.17) is 4.74 Å². The maximum atomic E-state index is 12.6. The Labute approximate surface area is 170 Å². The van der Waals surface area contributed by atoms with Crippen LogP contribution in [-0.2, 0) is 16.1 Å². The molecule has 0 radical (unpaired) electrons. The molecule has 0 bridgehead atoms. The fourth-order valence-corrected chi connectivity index (χ4v) is 3.84. The molecule has 29 heavy (non-hydrogen) atoms. The van der Waals surface area contributed by atoms with Gasteiger partial charge in [-0.2, -0.15) is 5.10 Å². The zero-order valence-electron chi connectivity index (χ0n) is 16.5. The highest BCUT2D eigenvalue weighted by Gasteiger charge is 2.30. The fourth-order valence-electron chi connectivity index (χ4n) is 3.84. The van der Waals surface area contributed by atoms with Gasteiger partial charge >= 0.3 is 6.03 Å². The summed E-state index contributed by atoms with van der Waals surface area (Å²) in [7, 11) is 0. The summed E-state index contributed by atoms with van der Waals surface area (Å²) in [6.07, 6.45) is 5.86. The highest BCUT2D eigenvalue weighted by atomic mass is 16.5. The van der Waals surface area contributed by atoms with Crippen LogP contribution in [0.2, 0.25) is 0 Å². The molecule has 2 fully saturated rings. The third kappa shape index (κ3) is 4.76. The van der Waals surface area contributed by atoms with E-state index in [1.165, 1.54) is 0 Å². The first kappa shape index (κ1) is 19.4. The van der Waals surface area contributed by atoms with Crippen molar-refractivity contribution in [2.45, 2.75) is 31.9 Å².